The van der Waals surface area contributed by atoms with E-state index in [1.165, 1.54) is 30.6 Å². The van der Waals surface area contributed by atoms with Gasteiger partial charge in [0.05, 0.1) is 6.61 Å². The summed E-state index contributed by atoms with van der Waals surface area (Å²) in [6.45, 7) is 11.7. The molecule has 5 nitrogen and oxygen atoms in total. The summed E-state index contributed by atoms with van der Waals surface area (Å²) in [5.74, 6) is 2.42. The maximum Gasteiger partial charge on any atom is 0.191 e. The van der Waals surface area contributed by atoms with Crippen molar-refractivity contribution in [2.75, 3.05) is 33.9 Å². The summed E-state index contributed by atoms with van der Waals surface area (Å²) in [5, 5.41) is 6.68. The van der Waals surface area contributed by atoms with Crippen LogP contribution in [-0.4, -0.2) is 50.8 Å². The van der Waals surface area contributed by atoms with Crippen molar-refractivity contribution in [1.82, 2.24) is 15.5 Å². The molecule has 146 valence electrons. The number of benzene rings is 1. The normalized spacial score (nSPS) is 22.9. The Balaban J connectivity index is 1.81. The highest BCUT2D eigenvalue weighted by Gasteiger charge is 2.21. The van der Waals surface area contributed by atoms with Gasteiger partial charge in [-0.1, -0.05) is 38.1 Å². The molecule has 1 aliphatic heterocycles. The first-order chi connectivity index (χ1) is 12.5. The zero-order valence-electron chi connectivity index (χ0n) is 17.1. The Bertz CT molecular complexity index is 548. The van der Waals surface area contributed by atoms with Gasteiger partial charge in [0.1, 0.15) is 0 Å². The summed E-state index contributed by atoms with van der Waals surface area (Å²) in [5.41, 5.74) is 2.66. The van der Waals surface area contributed by atoms with E-state index >= 15 is 0 Å². The molecular formula is C21H36N4O. The molecule has 0 saturated carbocycles. The lowest BCUT2D eigenvalue weighted by Gasteiger charge is -2.35. The number of likely N-dealkylation sites (tertiary alicyclic amines) is 1. The molecule has 3 unspecified atom stereocenters. The van der Waals surface area contributed by atoms with E-state index < -0.39 is 0 Å². The SMILES string of the molecule is CN=C(NCc1ccc(CN2CC(C)CC(C)C2)cc1)NC(C)COC. The minimum Gasteiger partial charge on any atom is -0.383 e. The number of piperidine rings is 1. The molecule has 3 atom stereocenters. The van der Waals surface area contributed by atoms with E-state index in [4.69, 9.17) is 4.74 Å². The van der Waals surface area contributed by atoms with E-state index in [1.807, 2.05) is 0 Å². The molecule has 0 bridgehead atoms. The van der Waals surface area contributed by atoms with Crippen molar-refractivity contribution in [2.24, 2.45) is 16.8 Å². The van der Waals surface area contributed by atoms with Crippen LogP contribution < -0.4 is 10.6 Å². The minimum absolute atomic E-state index is 0.225. The first-order valence-corrected chi connectivity index (χ1v) is 9.76. The van der Waals surface area contributed by atoms with Crippen LogP contribution in [0.5, 0.6) is 0 Å². The predicted octanol–water partition coefficient (Wildman–Crippen LogP) is 2.86. The van der Waals surface area contributed by atoms with Crippen LogP contribution in [-0.2, 0) is 17.8 Å². The molecule has 26 heavy (non-hydrogen) atoms. The summed E-state index contributed by atoms with van der Waals surface area (Å²) in [6, 6.07) is 9.16. The smallest absolute Gasteiger partial charge is 0.191 e. The number of aliphatic imine (C=N–C) groups is 1. The third kappa shape index (κ3) is 6.96. The maximum atomic E-state index is 5.15. The zero-order chi connectivity index (χ0) is 18.9. The Kier molecular flexibility index (Phi) is 8.39. The fraction of sp³-hybridized carbons (Fsp3) is 0.667. The fourth-order valence-electron chi connectivity index (χ4n) is 3.85. The second-order valence-corrected chi connectivity index (χ2v) is 7.88. The minimum atomic E-state index is 0.225. The lowest BCUT2D eigenvalue weighted by atomic mass is 9.91. The average Bonchev–Trinajstić information content (AvgIpc) is 2.59. The second-order valence-electron chi connectivity index (χ2n) is 7.88. The van der Waals surface area contributed by atoms with Gasteiger partial charge in [-0.05, 0) is 36.3 Å². The van der Waals surface area contributed by atoms with Crippen molar-refractivity contribution in [1.29, 1.82) is 0 Å². The van der Waals surface area contributed by atoms with E-state index in [9.17, 15) is 0 Å². The molecule has 1 aromatic carbocycles. The number of ether oxygens (including phenoxy) is 1. The van der Waals surface area contributed by atoms with Gasteiger partial charge in [-0.25, -0.2) is 0 Å². The summed E-state index contributed by atoms with van der Waals surface area (Å²) < 4.78 is 5.15. The molecular weight excluding hydrogens is 324 g/mol. The van der Waals surface area contributed by atoms with Crippen LogP contribution in [0.15, 0.2) is 29.3 Å². The fourth-order valence-corrected chi connectivity index (χ4v) is 3.85. The van der Waals surface area contributed by atoms with Gasteiger partial charge < -0.3 is 15.4 Å². The number of rotatable bonds is 7. The van der Waals surface area contributed by atoms with E-state index in [1.54, 1.807) is 14.2 Å². The number of nitrogens with one attached hydrogen (secondary N) is 2. The van der Waals surface area contributed by atoms with Gasteiger partial charge in [-0.15, -0.1) is 0 Å². The summed E-state index contributed by atoms with van der Waals surface area (Å²) in [7, 11) is 3.50. The Labute approximate surface area is 159 Å². The molecule has 1 aromatic rings. The van der Waals surface area contributed by atoms with Crippen LogP contribution in [0, 0.1) is 11.8 Å². The van der Waals surface area contributed by atoms with Crippen LogP contribution >= 0.6 is 0 Å². The topological polar surface area (TPSA) is 48.9 Å². The quantitative estimate of drug-likeness (QED) is 0.580. The Morgan fingerprint density at radius 1 is 1.19 bits per heavy atom. The largest absolute Gasteiger partial charge is 0.383 e. The first kappa shape index (κ1) is 20.7. The van der Waals surface area contributed by atoms with Gasteiger partial charge in [-0.3, -0.25) is 9.89 Å². The van der Waals surface area contributed by atoms with Crippen LogP contribution in [0.25, 0.3) is 0 Å². The molecule has 1 fully saturated rings. The molecule has 1 saturated heterocycles. The third-order valence-corrected chi connectivity index (χ3v) is 4.86. The Hall–Kier alpha value is -1.59. The molecule has 0 radical (unpaired) electrons. The number of guanidine groups is 1. The van der Waals surface area contributed by atoms with E-state index in [0.717, 1.165) is 30.9 Å². The third-order valence-electron chi connectivity index (χ3n) is 4.86. The maximum absolute atomic E-state index is 5.15. The molecule has 2 N–H and O–H groups in total. The molecule has 2 rings (SSSR count). The van der Waals surface area contributed by atoms with Gasteiger partial charge in [-0.2, -0.15) is 0 Å². The van der Waals surface area contributed by atoms with E-state index in [-0.39, 0.29) is 6.04 Å². The number of methoxy groups -OCH3 is 1. The standard InChI is InChI=1S/C21H36N4O/c1-16-10-17(2)13-25(12-16)14-20-8-6-19(7-9-20)11-23-21(22-4)24-18(3)15-26-5/h6-9,16-18H,10-15H2,1-5H3,(H2,22,23,24). The Morgan fingerprint density at radius 2 is 1.81 bits per heavy atom. The van der Waals surface area contributed by atoms with Crippen LogP contribution in [0.1, 0.15) is 38.3 Å². The van der Waals surface area contributed by atoms with Crippen LogP contribution in [0.4, 0.5) is 0 Å². The molecule has 1 heterocycles. The lowest BCUT2D eigenvalue weighted by molar-refractivity contribution is 0.134. The zero-order valence-corrected chi connectivity index (χ0v) is 17.1. The van der Waals surface area contributed by atoms with Crippen molar-refractivity contribution in [3.8, 4) is 0 Å². The van der Waals surface area contributed by atoms with Gasteiger partial charge >= 0.3 is 0 Å². The van der Waals surface area contributed by atoms with Crippen LogP contribution in [0.3, 0.4) is 0 Å². The van der Waals surface area contributed by atoms with Gasteiger partial charge in [0.25, 0.3) is 0 Å². The number of hydrogen-bond donors (Lipinski definition) is 2. The Morgan fingerprint density at radius 3 is 2.38 bits per heavy atom. The summed E-state index contributed by atoms with van der Waals surface area (Å²) >= 11 is 0. The lowest BCUT2D eigenvalue weighted by Crippen LogP contribution is -2.43. The molecule has 0 aromatic heterocycles. The predicted molar refractivity (Wildman–Crippen MR) is 109 cm³/mol. The van der Waals surface area contributed by atoms with Crippen molar-refractivity contribution in [2.45, 2.75) is 46.3 Å². The molecule has 1 aliphatic rings. The van der Waals surface area contributed by atoms with Crippen molar-refractivity contribution in [3.05, 3.63) is 35.4 Å². The molecule has 0 amide bonds. The van der Waals surface area contributed by atoms with Gasteiger partial charge in [0.2, 0.25) is 0 Å². The number of hydrogen-bond acceptors (Lipinski definition) is 3. The monoisotopic (exact) mass is 360 g/mol. The van der Waals surface area contributed by atoms with Crippen molar-refractivity contribution >= 4 is 5.96 Å². The van der Waals surface area contributed by atoms with E-state index in [2.05, 4.69) is 65.6 Å². The highest BCUT2D eigenvalue weighted by Crippen LogP contribution is 2.22. The summed E-state index contributed by atoms with van der Waals surface area (Å²) in [6.07, 6.45) is 1.36. The number of nitrogens with zero attached hydrogens (tertiary/aromatic N) is 2. The first-order valence-electron chi connectivity index (χ1n) is 9.76. The highest BCUT2D eigenvalue weighted by atomic mass is 16.5. The van der Waals surface area contributed by atoms with Crippen molar-refractivity contribution < 1.29 is 4.74 Å². The van der Waals surface area contributed by atoms with Gasteiger partial charge in [0.15, 0.2) is 5.96 Å². The van der Waals surface area contributed by atoms with Gasteiger partial charge in [0, 0.05) is 46.4 Å². The average molecular weight is 361 g/mol. The molecule has 0 aliphatic carbocycles. The van der Waals surface area contributed by atoms with Crippen molar-refractivity contribution in [3.63, 3.8) is 0 Å². The highest BCUT2D eigenvalue weighted by molar-refractivity contribution is 5.79. The molecule has 0 spiro atoms. The second kappa shape index (κ2) is 10.5. The van der Waals surface area contributed by atoms with Crippen LogP contribution in [0.2, 0.25) is 0 Å². The summed E-state index contributed by atoms with van der Waals surface area (Å²) in [4.78, 5) is 6.86. The molecule has 5 heteroatoms. The van der Waals surface area contributed by atoms with E-state index in [0.29, 0.717) is 6.61 Å².